The molecular weight excluding hydrogens is 360 g/mol. The average Bonchev–Trinajstić information content (AvgIpc) is 2.71. The van der Waals surface area contributed by atoms with Crippen molar-refractivity contribution < 1.29 is 0 Å². The van der Waals surface area contributed by atoms with Crippen molar-refractivity contribution in [1.29, 1.82) is 0 Å². The van der Waals surface area contributed by atoms with E-state index in [1.54, 1.807) is 0 Å². The average molecular weight is 415 g/mol. The molecule has 0 heterocycles. The molecule has 0 N–H and O–H groups in total. The van der Waals surface area contributed by atoms with E-state index in [0.717, 1.165) is 17.8 Å². The Bertz CT molecular complexity index is 557. The van der Waals surface area contributed by atoms with Gasteiger partial charge < -0.3 is 0 Å². The molecule has 0 aromatic carbocycles. The minimum Gasteiger partial charge on any atom is -0.0996 e. The van der Waals surface area contributed by atoms with Crippen molar-refractivity contribution in [2.45, 2.75) is 109 Å². The van der Waals surface area contributed by atoms with E-state index in [1.165, 1.54) is 36.8 Å². The van der Waals surface area contributed by atoms with Gasteiger partial charge in [-0.3, -0.25) is 0 Å². The Labute approximate surface area is 191 Å². The lowest BCUT2D eigenvalue weighted by molar-refractivity contribution is 0.308. The Morgan fingerprint density at radius 2 is 1.20 bits per heavy atom. The van der Waals surface area contributed by atoms with E-state index >= 15 is 0 Å². The van der Waals surface area contributed by atoms with Crippen molar-refractivity contribution in [3.8, 4) is 11.8 Å². The highest BCUT2D eigenvalue weighted by Gasteiger charge is 2.13. The van der Waals surface area contributed by atoms with E-state index in [1.807, 2.05) is 13.8 Å². The molecule has 5 atom stereocenters. The Morgan fingerprint density at radius 1 is 0.667 bits per heavy atom. The second kappa shape index (κ2) is 18.5. The molecule has 0 spiro atoms. The van der Waals surface area contributed by atoms with Crippen LogP contribution >= 0.6 is 0 Å². The predicted molar refractivity (Wildman–Crippen MR) is 141 cm³/mol. The summed E-state index contributed by atoms with van der Waals surface area (Å²) in [7, 11) is 0. The fraction of sp³-hybridized carbons (Fsp3) is 0.733. The Balaban J connectivity index is 0. The maximum absolute atomic E-state index is 3.49. The van der Waals surface area contributed by atoms with Gasteiger partial charge in [0.05, 0.1) is 0 Å². The molecule has 0 aromatic heterocycles. The van der Waals surface area contributed by atoms with Crippen LogP contribution in [0.5, 0.6) is 0 Å². The van der Waals surface area contributed by atoms with E-state index in [-0.39, 0.29) is 0 Å². The second-order valence-electron chi connectivity index (χ2n) is 9.81. The lowest BCUT2D eigenvalue weighted by atomic mass is 9.85. The van der Waals surface area contributed by atoms with Crippen molar-refractivity contribution in [2.24, 2.45) is 35.5 Å². The van der Waals surface area contributed by atoms with Gasteiger partial charge in [0.1, 0.15) is 0 Å². The fourth-order valence-corrected chi connectivity index (χ4v) is 3.01. The van der Waals surface area contributed by atoms with Gasteiger partial charge in [-0.05, 0) is 64.2 Å². The molecule has 0 aromatic rings. The summed E-state index contributed by atoms with van der Waals surface area (Å²) in [6, 6.07) is 0. The van der Waals surface area contributed by atoms with Crippen molar-refractivity contribution >= 4 is 0 Å². The highest BCUT2D eigenvalue weighted by Crippen LogP contribution is 2.25. The first-order valence-corrected chi connectivity index (χ1v) is 12.5. The Hall–Kier alpha value is -1.22. The van der Waals surface area contributed by atoms with Crippen LogP contribution in [0, 0.1) is 47.3 Å². The molecule has 0 bridgehead atoms. The van der Waals surface area contributed by atoms with Crippen LogP contribution in [-0.2, 0) is 0 Å². The number of allylic oxidation sites excluding steroid dienone is 6. The van der Waals surface area contributed by atoms with Gasteiger partial charge in [0.25, 0.3) is 0 Å². The van der Waals surface area contributed by atoms with Gasteiger partial charge in [0, 0.05) is 11.8 Å². The molecule has 0 heteroatoms. The Morgan fingerprint density at radius 3 is 1.70 bits per heavy atom. The molecule has 0 aliphatic rings. The van der Waals surface area contributed by atoms with Crippen LogP contribution in [0.3, 0.4) is 0 Å². The summed E-state index contributed by atoms with van der Waals surface area (Å²) >= 11 is 0. The summed E-state index contributed by atoms with van der Waals surface area (Å²) in [5, 5.41) is 0. The molecule has 0 amide bonds. The first-order chi connectivity index (χ1) is 14.0. The SMILES string of the molecule is CC.CC(C)=C/C=C(\C)C(C)/C=C\C(C)C#CC(C)CCC(C)C(C)CCC(C)C. The molecule has 0 nitrogen and oxygen atoms in total. The smallest absolute Gasteiger partial charge is 0.0354 e. The molecule has 0 fully saturated rings. The van der Waals surface area contributed by atoms with E-state index in [9.17, 15) is 0 Å². The zero-order valence-electron chi connectivity index (χ0n) is 22.6. The Kier molecular flexibility index (Phi) is 19.1. The van der Waals surface area contributed by atoms with Gasteiger partial charge >= 0.3 is 0 Å². The van der Waals surface area contributed by atoms with E-state index in [0.29, 0.717) is 17.8 Å². The minimum absolute atomic E-state index is 0.323. The highest BCUT2D eigenvalue weighted by atomic mass is 14.2. The molecule has 5 unspecified atom stereocenters. The van der Waals surface area contributed by atoms with E-state index in [4.69, 9.17) is 0 Å². The van der Waals surface area contributed by atoms with Gasteiger partial charge in [0.2, 0.25) is 0 Å². The molecule has 0 aliphatic carbocycles. The summed E-state index contributed by atoms with van der Waals surface area (Å²) in [6.07, 6.45) is 14.2. The topological polar surface area (TPSA) is 0 Å². The van der Waals surface area contributed by atoms with Gasteiger partial charge in [-0.2, -0.15) is 0 Å². The third kappa shape index (κ3) is 17.6. The standard InChI is InChI=1S/C28H48.C2H6/c1-21(2)11-17-25(7)27(9)19-15-23(5)13-14-24(6)16-20-28(10)26(8)18-12-22(3)4;1-2/h11,15,17,19,22-24,26-28H,12,16,18,20H2,1-10H3;1-2H3/b19-15-,25-17+;. The third-order valence-corrected chi connectivity index (χ3v) is 5.87. The van der Waals surface area contributed by atoms with Crippen LogP contribution in [0.25, 0.3) is 0 Å². The van der Waals surface area contributed by atoms with Gasteiger partial charge in [-0.25, -0.2) is 0 Å². The summed E-state index contributed by atoms with van der Waals surface area (Å²) in [5.74, 6) is 10.7. The molecule has 0 rings (SSSR count). The first-order valence-electron chi connectivity index (χ1n) is 12.5. The zero-order chi connectivity index (χ0) is 23.7. The normalized spacial score (nSPS) is 16.6. The maximum atomic E-state index is 3.49. The first kappa shape index (κ1) is 31.0. The lowest BCUT2D eigenvalue weighted by Gasteiger charge is -2.21. The number of hydrogen-bond acceptors (Lipinski definition) is 0. The number of rotatable bonds is 11. The zero-order valence-corrected chi connectivity index (χ0v) is 22.6. The minimum atomic E-state index is 0.323. The third-order valence-electron chi connectivity index (χ3n) is 5.87. The molecule has 0 saturated carbocycles. The molecule has 0 saturated heterocycles. The maximum Gasteiger partial charge on any atom is 0.0354 e. The van der Waals surface area contributed by atoms with Crippen molar-refractivity contribution in [2.75, 3.05) is 0 Å². The predicted octanol–water partition coefficient (Wildman–Crippen LogP) is 9.88. The van der Waals surface area contributed by atoms with Crippen molar-refractivity contribution in [3.05, 3.63) is 35.5 Å². The summed E-state index contributed by atoms with van der Waals surface area (Å²) in [4.78, 5) is 0. The lowest BCUT2D eigenvalue weighted by Crippen LogP contribution is -2.10. The van der Waals surface area contributed by atoms with Crippen molar-refractivity contribution in [3.63, 3.8) is 0 Å². The van der Waals surface area contributed by atoms with Crippen molar-refractivity contribution in [1.82, 2.24) is 0 Å². The summed E-state index contributed by atoms with van der Waals surface area (Å²) in [6.45, 7) is 26.7. The van der Waals surface area contributed by atoms with Crippen LogP contribution in [0.2, 0.25) is 0 Å². The summed E-state index contributed by atoms with van der Waals surface area (Å²) < 4.78 is 0. The van der Waals surface area contributed by atoms with Crippen LogP contribution in [0.15, 0.2) is 35.5 Å². The highest BCUT2D eigenvalue weighted by molar-refractivity contribution is 5.20. The van der Waals surface area contributed by atoms with Gasteiger partial charge in [0.15, 0.2) is 0 Å². The van der Waals surface area contributed by atoms with E-state index < -0.39 is 0 Å². The van der Waals surface area contributed by atoms with Crippen LogP contribution < -0.4 is 0 Å². The summed E-state index contributed by atoms with van der Waals surface area (Å²) in [5.41, 5.74) is 2.74. The largest absolute Gasteiger partial charge is 0.0996 e. The monoisotopic (exact) mass is 414 g/mol. The molecule has 0 radical (unpaired) electrons. The van der Waals surface area contributed by atoms with Gasteiger partial charge in [-0.15, -0.1) is 0 Å². The van der Waals surface area contributed by atoms with Crippen LogP contribution in [0.1, 0.15) is 109 Å². The molecule has 0 aliphatic heterocycles. The fourth-order valence-electron chi connectivity index (χ4n) is 3.01. The quantitative estimate of drug-likeness (QED) is 0.179. The molecular formula is C30H54. The van der Waals surface area contributed by atoms with Crippen LogP contribution in [0.4, 0.5) is 0 Å². The molecule has 174 valence electrons. The van der Waals surface area contributed by atoms with Gasteiger partial charge in [-0.1, -0.05) is 116 Å². The van der Waals surface area contributed by atoms with E-state index in [2.05, 4.69) is 105 Å². The van der Waals surface area contributed by atoms with Crippen LogP contribution in [-0.4, -0.2) is 0 Å². The second-order valence-corrected chi connectivity index (χ2v) is 9.81. The molecule has 30 heavy (non-hydrogen) atoms. The number of hydrogen-bond donors (Lipinski definition) is 0.